The Labute approximate surface area is 863 Å². The number of hydrogen-bond acceptors (Lipinski definition) is 15. The third-order valence-electron chi connectivity index (χ3n) is 26.9. The lowest BCUT2D eigenvalue weighted by atomic mass is 9.94. The molecule has 0 aromatic carbocycles. The van der Waals surface area contributed by atoms with E-state index in [-0.39, 0.29) is 12.5 Å². The maximum absolute atomic E-state index is 13.2. The molecule has 0 bridgehead atoms. The molecule has 2 amide bonds. The van der Waals surface area contributed by atoms with Gasteiger partial charge in [-0.1, -0.05) is 240 Å². The molecule has 0 radical (unpaired) electrons. The summed E-state index contributed by atoms with van der Waals surface area (Å²) in [6.07, 6.45) is 78.8. The zero-order valence-corrected chi connectivity index (χ0v) is 94.9. The molecule has 21 heteroatoms. The molecule has 142 heavy (non-hydrogen) atoms. The van der Waals surface area contributed by atoms with E-state index in [4.69, 9.17) is 23.3 Å². The highest BCUT2D eigenvalue weighted by Crippen LogP contribution is 2.61. The second-order valence-corrected chi connectivity index (χ2v) is 44.9. The molecule has 0 aromatic rings. The number of ether oxygens (including phenoxy) is 3. The fourth-order valence-corrected chi connectivity index (χ4v) is 19.4. The number of hydrogen-bond donors (Lipinski definition) is 9. The third kappa shape index (κ3) is 66.8. The molecule has 9 N–H and O–H groups in total. The van der Waals surface area contributed by atoms with Gasteiger partial charge in [-0.25, -0.2) is 9.13 Å². The number of phosphoric acid groups is 2. The quantitative estimate of drug-likeness (QED) is 0.0202. The van der Waals surface area contributed by atoms with Crippen LogP contribution in [0.5, 0.6) is 0 Å². The Hall–Kier alpha value is -6.32. The minimum atomic E-state index is -5.62. The molecule has 2 rings (SSSR count). The van der Waals surface area contributed by atoms with Gasteiger partial charge in [-0.15, -0.1) is 0 Å². The maximum Gasteiger partial charge on any atom is 0.483 e. The van der Waals surface area contributed by atoms with Crippen LogP contribution in [0.25, 0.3) is 0 Å². The summed E-state index contributed by atoms with van der Waals surface area (Å²) in [6.45, 7) is 49.7. The van der Waals surface area contributed by atoms with Gasteiger partial charge in [-0.3, -0.25) is 18.6 Å². The van der Waals surface area contributed by atoms with E-state index in [0.29, 0.717) is 6.42 Å². The average Bonchev–Trinajstić information content (AvgIpc) is 0.772. The van der Waals surface area contributed by atoms with Gasteiger partial charge in [-0.05, 0) is 415 Å². The molecule has 0 aromatic heterocycles. The highest BCUT2D eigenvalue weighted by molar-refractivity contribution is 7.61. The number of aliphatic hydroxyl groups excluding tert-OH is 5. The Balaban J connectivity index is 1.58. The van der Waals surface area contributed by atoms with Crippen molar-refractivity contribution in [2.45, 2.75) is 491 Å². The van der Waals surface area contributed by atoms with E-state index in [2.05, 4.69) is 282 Å². The Kier molecular flexibility index (Phi) is 71.5. The molecule has 2 heterocycles. The molecule has 806 valence electrons. The van der Waals surface area contributed by atoms with Crippen LogP contribution in [0.3, 0.4) is 0 Å². The molecule has 2 fully saturated rings. The summed E-state index contributed by atoms with van der Waals surface area (Å²) in [4.78, 5) is 45.4. The van der Waals surface area contributed by atoms with Gasteiger partial charge < -0.3 is 60.2 Å². The predicted octanol–water partition coefficient (Wildman–Crippen LogP) is 31.7. The number of phosphoric ester groups is 2. The number of allylic oxidation sites excluding steroid dienone is 40. The minimum absolute atomic E-state index is 0.0305. The van der Waals surface area contributed by atoms with E-state index in [1.807, 2.05) is 6.92 Å². The average molecular weight is 2020 g/mol. The van der Waals surface area contributed by atoms with E-state index in [1.54, 1.807) is 0 Å². The van der Waals surface area contributed by atoms with Gasteiger partial charge in [-0.2, -0.15) is 4.31 Å². The van der Waals surface area contributed by atoms with Crippen molar-refractivity contribution in [1.29, 1.82) is 0 Å². The molecule has 2 aliphatic rings. The number of nitrogens with one attached hydrogen (secondary N) is 2. The van der Waals surface area contributed by atoms with E-state index in [9.17, 15) is 54.0 Å². The molecule has 19 nitrogen and oxygen atoms in total. The zero-order valence-electron chi connectivity index (χ0n) is 93.1. The molecule has 0 saturated carbocycles. The number of amides is 2. The van der Waals surface area contributed by atoms with Crippen LogP contribution in [0.15, 0.2) is 233 Å². The lowest BCUT2D eigenvalue weighted by Crippen LogP contribution is -2.69. The fourth-order valence-electron chi connectivity index (χ4n) is 17.2. The van der Waals surface area contributed by atoms with Gasteiger partial charge in [0.2, 0.25) is 11.8 Å². The Morgan fingerprint density at radius 1 is 0.289 bits per heavy atom. The summed E-state index contributed by atoms with van der Waals surface area (Å²) in [5, 5.41) is 57.3. The molecule has 2 aliphatic heterocycles. The third-order valence-corrected chi connectivity index (χ3v) is 29.5. The Bertz CT molecular complexity index is 4460. The summed E-state index contributed by atoms with van der Waals surface area (Å²) >= 11 is 0. The largest absolute Gasteiger partial charge is 0.483 e. The monoisotopic (exact) mass is 2020 g/mol. The standard InChI is InChI=1S/C121H200N2O17P2/c1-89(2)45-25-46-90(3)47-26-48-91(4)49-27-50-92(5)51-28-52-93(6)53-29-54-94(7)55-30-56-95(8)57-31-58-96(9)59-32-60-97(10)61-33-62-98(11)63-34-64-99(12)65-35-66-100(13)67-36-68-101(14)69-37-70-102(15)71-38-72-103(16)73-39-74-104(17)75-40-76-105(18)77-41-78-106(19)79-42-80-107(20)81-43-82-108(21)83-44-84-109(22)85-86-135-141(131,132)140-142(133,134)139-121-115(123-111(24)127)118(130)119(113(88-125)137-121)138-120-114(122-110(23)126)117(129)116(128)112(87-124)136-120/h45,47,49,51,53,55,57,59,61,63,65,67,69,71,73,75,77,79,81,83,109,112-121,124-125,128-130H,25-44,46,48,50,52,54,56,58,60,62,64,66,68,70,72,74,76,78,80,82,84-88H2,1-24H3,(H,122,126)(H,123,127)(H,131,132)(H,133,134)/b90-47+,91-49+,92-51+,93-53+,94-55+,95-57+,96-59+,97-61+,98-63+,99-65+,100-67+,101-69+,102-71+,103-73+,104-75+,105-77+,106-79+,107-81+,108-83+/t109?,112-,113-,114-,115-,116-,117-,118-,119-,120+,121-/m1/s1. The highest BCUT2D eigenvalue weighted by atomic mass is 31.3. The Morgan fingerprint density at radius 3 is 0.718 bits per heavy atom. The number of carbonyl (C=O) groups is 2. The summed E-state index contributed by atoms with van der Waals surface area (Å²) in [6, 6.07) is -3.26. The SMILES string of the molecule is CC(=O)N[C@H]1[C@@H](OP(=O)(O)OP(=O)(O)OCCC(C)CC/C=C(\C)CC/C=C(\C)CC/C=C(\C)CC/C=C(\C)CC/C=C(\C)CC/C=C(\C)CC/C=C(\C)CC/C=C(\C)CC/C=C(\C)CC/C=C(\C)CC/C=C(\C)CC/C=C(\C)CC/C=C(\C)CC/C=C(\C)CC/C=C(\C)CC/C=C(\C)CC/C=C(\C)CC/C=C(\C)CC/C=C(\C)CCC=C(C)C)O[C@H](CO)[C@@H](O[C@@H]2O[C@H](CO)[C@@H](O)[C@H](O)[C@H]2NC(C)=O)[C@@H]1O. The first kappa shape index (κ1) is 132. The molecule has 0 aliphatic carbocycles. The second kappa shape index (κ2) is 77.1. The van der Waals surface area contributed by atoms with Gasteiger partial charge in [0.1, 0.15) is 48.7 Å². The van der Waals surface area contributed by atoms with Gasteiger partial charge in [0, 0.05) is 13.8 Å². The maximum atomic E-state index is 13.2. The van der Waals surface area contributed by atoms with Crippen molar-refractivity contribution < 1.29 is 81.6 Å². The smallest absolute Gasteiger partial charge is 0.394 e. The van der Waals surface area contributed by atoms with Crippen molar-refractivity contribution in [3.63, 3.8) is 0 Å². The van der Waals surface area contributed by atoms with Crippen molar-refractivity contribution in [3.05, 3.63) is 233 Å². The fraction of sp³-hybridized carbons (Fsp3) is 0.653. The van der Waals surface area contributed by atoms with E-state index in [1.165, 1.54) is 131 Å². The van der Waals surface area contributed by atoms with Crippen LogP contribution in [0.1, 0.15) is 429 Å². The van der Waals surface area contributed by atoms with Gasteiger partial charge in [0.05, 0.1) is 19.8 Å². The van der Waals surface area contributed by atoms with Crippen LogP contribution in [0, 0.1) is 5.92 Å². The first-order valence-electron chi connectivity index (χ1n) is 53.9. The summed E-state index contributed by atoms with van der Waals surface area (Å²) in [7, 11) is -10.9. The molecule has 13 atom stereocenters. The van der Waals surface area contributed by atoms with Crippen LogP contribution in [0.2, 0.25) is 0 Å². The second-order valence-electron chi connectivity index (χ2n) is 41.9. The first-order chi connectivity index (χ1) is 67.3. The summed E-state index contributed by atoms with van der Waals surface area (Å²) in [5.74, 6) is -1.46. The lowest BCUT2D eigenvalue weighted by molar-refractivity contribution is -0.325. The van der Waals surface area contributed by atoms with Gasteiger partial charge in [0.25, 0.3) is 0 Å². The van der Waals surface area contributed by atoms with Gasteiger partial charge >= 0.3 is 15.6 Å². The van der Waals surface area contributed by atoms with Crippen LogP contribution >= 0.6 is 15.6 Å². The van der Waals surface area contributed by atoms with E-state index >= 15 is 0 Å². The number of rotatable bonds is 74. The van der Waals surface area contributed by atoms with Gasteiger partial charge in [0.15, 0.2) is 12.6 Å². The van der Waals surface area contributed by atoms with Crippen LogP contribution in [0.4, 0.5) is 0 Å². The molecule has 3 unspecified atom stereocenters. The zero-order chi connectivity index (χ0) is 106. The van der Waals surface area contributed by atoms with Crippen molar-refractivity contribution in [2.24, 2.45) is 5.92 Å². The number of carbonyl (C=O) groups excluding carboxylic acids is 2. The van der Waals surface area contributed by atoms with Crippen LogP contribution < -0.4 is 10.6 Å². The van der Waals surface area contributed by atoms with Crippen molar-refractivity contribution in [2.75, 3.05) is 19.8 Å². The summed E-state index contributed by atoms with van der Waals surface area (Å²) < 4.78 is 57.8. The minimum Gasteiger partial charge on any atom is -0.394 e. The van der Waals surface area contributed by atoms with Crippen LogP contribution in [-0.2, 0) is 46.3 Å². The summed E-state index contributed by atoms with van der Waals surface area (Å²) in [5.41, 5.74) is 29.6. The lowest BCUT2D eigenvalue weighted by Gasteiger charge is -2.48. The first-order valence-corrected chi connectivity index (χ1v) is 56.9. The Morgan fingerprint density at radius 2 is 0.500 bits per heavy atom. The van der Waals surface area contributed by atoms with Crippen molar-refractivity contribution >= 4 is 27.5 Å². The van der Waals surface area contributed by atoms with Crippen molar-refractivity contribution in [1.82, 2.24) is 10.6 Å². The molecule has 0 spiro atoms. The topological polar surface area (TPSA) is 289 Å². The predicted molar refractivity (Wildman–Crippen MR) is 597 cm³/mol. The van der Waals surface area contributed by atoms with E-state index in [0.717, 1.165) is 251 Å². The molecular weight excluding hydrogens is 1820 g/mol. The number of aliphatic hydroxyl groups is 5. The highest BCUT2D eigenvalue weighted by Gasteiger charge is 2.54. The normalized spacial score (nSPS) is 22.0. The van der Waals surface area contributed by atoms with Crippen molar-refractivity contribution in [3.8, 4) is 0 Å². The van der Waals surface area contributed by atoms with Crippen LogP contribution in [-0.4, -0.2) is 128 Å². The van der Waals surface area contributed by atoms with E-state index < -0.39 is 102 Å². The molecule has 2 saturated heterocycles. The molecular formula is C121H200N2O17P2.